The molecule has 7 nitrogen and oxygen atoms in total. The predicted molar refractivity (Wildman–Crippen MR) is 141 cm³/mol. The maximum Gasteiger partial charge on any atom is 0.328 e. The molecule has 198 valence electrons. The molecule has 2 heterocycles. The van der Waals surface area contributed by atoms with E-state index >= 15 is 0 Å². The predicted octanol–water partition coefficient (Wildman–Crippen LogP) is 4.82. The molecular formula is C28H34FN3O4S. The Balaban J connectivity index is 1.59. The third-order valence-corrected chi connectivity index (χ3v) is 7.46. The van der Waals surface area contributed by atoms with E-state index in [0.29, 0.717) is 30.8 Å². The van der Waals surface area contributed by atoms with Crippen LogP contribution in [0.5, 0.6) is 0 Å². The lowest BCUT2D eigenvalue weighted by molar-refractivity contribution is -0.155. The molecule has 0 N–H and O–H groups in total. The van der Waals surface area contributed by atoms with Gasteiger partial charge in [0.2, 0.25) is 0 Å². The Labute approximate surface area is 221 Å². The van der Waals surface area contributed by atoms with Crippen molar-refractivity contribution in [2.45, 2.75) is 70.4 Å². The van der Waals surface area contributed by atoms with Gasteiger partial charge in [-0.2, -0.15) is 5.10 Å². The Hall–Kier alpha value is -2.78. The van der Waals surface area contributed by atoms with E-state index in [9.17, 15) is 18.8 Å². The fraction of sp³-hybridized carbons (Fsp3) is 0.500. The molecule has 2 unspecified atom stereocenters. The van der Waals surface area contributed by atoms with E-state index in [2.05, 4.69) is 5.10 Å². The molecule has 2 fully saturated rings. The fourth-order valence-electron chi connectivity index (χ4n) is 4.63. The molecule has 2 atom stereocenters. The molecule has 0 spiro atoms. The number of esters is 1. The van der Waals surface area contributed by atoms with Crippen molar-refractivity contribution in [2.75, 3.05) is 13.1 Å². The largest absolute Gasteiger partial charge is 0.459 e. The van der Waals surface area contributed by atoms with E-state index in [4.69, 9.17) is 4.74 Å². The van der Waals surface area contributed by atoms with Crippen molar-refractivity contribution in [3.8, 4) is 0 Å². The van der Waals surface area contributed by atoms with Crippen molar-refractivity contribution in [2.24, 2.45) is 5.92 Å². The minimum Gasteiger partial charge on any atom is -0.459 e. The van der Waals surface area contributed by atoms with Gasteiger partial charge in [0.25, 0.3) is 0 Å². The van der Waals surface area contributed by atoms with Crippen LogP contribution in [0, 0.1) is 11.7 Å². The number of Topliss-reactive ketones (excluding diaryl/α,β-unsaturated/α-hetero) is 1. The van der Waals surface area contributed by atoms with E-state index in [-0.39, 0.29) is 40.4 Å². The highest BCUT2D eigenvalue weighted by Gasteiger charge is 2.41. The monoisotopic (exact) mass is 527 g/mol. The minimum absolute atomic E-state index is 0.0105. The van der Waals surface area contributed by atoms with Gasteiger partial charge in [-0.15, -0.1) is 0 Å². The van der Waals surface area contributed by atoms with E-state index in [1.165, 1.54) is 22.5 Å². The van der Waals surface area contributed by atoms with Crippen LogP contribution in [0.25, 0.3) is 6.08 Å². The second-order valence-electron chi connectivity index (χ2n) is 10.7. The van der Waals surface area contributed by atoms with Crippen molar-refractivity contribution in [3.63, 3.8) is 0 Å². The molecule has 1 aliphatic heterocycles. The van der Waals surface area contributed by atoms with Crippen LogP contribution >= 0.6 is 11.8 Å². The summed E-state index contributed by atoms with van der Waals surface area (Å²) in [6.45, 7) is 7.97. The van der Waals surface area contributed by atoms with Gasteiger partial charge < -0.3 is 4.74 Å². The maximum atomic E-state index is 14.8. The van der Waals surface area contributed by atoms with E-state index in [1.807, 2.05) is 31.7 Å². The lowest BCUT2D eigenvalue weighted by Crippen LogP contribution is -2.43. The number of benzene rings is 1. The van der Waals surface area contributed by atoms with Crippen LogP contribution < -0.4 is 0 Å². The number of hydrogen-bond acceptors (Lipinski definition) is 7. The zero-order valence-electron chi connectivity index (χ0n) is 21.8. The molecule has 0 bridgehead atoms. The maximum absolute atomic E-state index is 14.8. The van der Waals surface area contributed by atoms with Gasteiger partial charge in [-0.3, -0.25) is 24.0 Å². The van der Waals surface area contributed by atoms with Crippen LogP contribution in [0.3, 0.4) is 0 Å². The van der Waals surface area contributed by atoms with Crippen molar-refractivity contribution in [3.05, 3.63) is 59.2 Å². The molecule has 1 aliphatic carbocycles. The number of nitrogens with zero attached hydrogens (tertiary/aromatic N) is 3. The van der Waals surface area contributed by atoms with Gasteiger partial charge in [-0.25, -0.2) is 4.39 Å². The van der Waals surface area contributed by atoms with Gasteiger partial charge in [0.15, 0.2) is 10.9 Å². The Morgan fingerprint density at radius 3 is 2.57 bits per heavy atom. The van der Waals surface area contributed by atoms with Gasteiger partial charge >= 0.3 is 5.97 Å². The summed E-state index contributed by atoms with van der Waals surface area (Å²) in [6, 6.07) is 7.62. The third kappa shape index (κ3) is 7.38. The zero-order valence-corrected chi connectivity index (χ0v) is 22.6. The highest BCUT2D eigenvalue weighted by Crippen LogP contribution is 2.40. The summed E-state index contributed by atoms with van der Waals surface area (Å²) in [4.78, 5) is 39.5. The van der Waals surface area contributed by atoms with Crippen molar-refractivity contribution >= 4 is 34.7 Å². The number of halogens is 1. The van der Waals surface area contributed by atoms with Crippen LogP contribution in [0.15, 0.2) is 42.1 Å². The first-order chi connectivity index (χ1) is 17.5. The summed E-state index contributed by atoms with van der Waals surface area (Å²) in [5.74, 6) is -0.725. The van der Waals surface area contributed by atoms with Crippen LogP contribution in [0.2, 0.25) is 0 Å². The topological polar surface area (TPSA) is 81.5 Å². The van der Waals surface area contributed by atoms with E-state index < -0.39 is 11.6 Å². The van der Waals surface area contributed by atoms with Crippen molar-refractivity contribution in [1.82, 2.24) is 14.7 Å². The summed E-state index contributed by atoms with van der Waals surface area (Å²) >= 11 is 1.26. The quantitative estimate of drug-likeness (QED) is 0.455. The van der Waals surface area contributed by atoms with Gasteiger partial charge in [0.1, 0.15) is 18.0 Å². The Morgan fingerprint density at radius 2 is 1.92 bits per heavy atom. The molecular weight excluding hydrogens is 493 g/mol. The molecule has 0 amide bonds. The van der Waals surface area contributed by atoms with Crippen molar-refractivity contribution < 1.29 is 23.5 Å². The Kier molecular flexibility index (Phi) is 8.33. The summed E-state index contributed by atoms with van der Waals surface area (Å²) in [5.41, 5.74) is 1.41. The van der Waals surface area contributed by atoms with E-state index in [0.717, 1.165) is 18.4 Å². The molecule has 9 heteroatoms. The number of hydrogen-bond donors (Lipinski definition) is 0. The number of carbonyl (C=O) groups excluding carboxylic acids is 3. The van der Waals surface area contributed by atoms with Gasteiger partial charge in [-0.05, 0) is 63.8 Å². The number of aromatic nitrogens is 2. The molecule has 1 saturated heterocycles. The number of ketones is 1. The van der Waals surface area contributed by atoms with Gasteiger partial charge in [0, 0.05) is 42.9 Å². The molecule has 0 radical (unpaired) electrons. The zero-order chi connectivity index (χ0) is 26.7. The Bertz CT molecular complexity index is 1200. The molecule has 2 aromatic rings. The van der Waals surface area contributed by atoms with Gasteiger partial charge in [0.05, 0.1) is 11.7 Å². The first kappa shape index (κ1) is 27.3. The summed E-state index contributed by atoms with van der Waals surface area (Å²) in [7, 11) is 0. The van der Waals surface area contributed by atoms with Crippen LogP contribution in [-0.2, 0) is 25.7 Å². The molecule has 1 aromatic carbocycles. The van der Waals surface area contributed by atoms with Crippen molar-refractivity contribution in [1.29, 1.82) is 0 Å². The van der Waals surface area contributed by atoms with Crippen LogP contribution in [0.1, 0.15) is 64.3 Å². The summed E-state index contributed by atoms with van der Waals surface area (Å²) < 4.78 is 21.7. The number of piperidine rings is 1. The number of thioether (sulfide) groups is 1. The number of likely N-dealkylation sites (tertiary alicyclic amines) is 1. The summed E-state index contributed by atoms with van der Waals surface area (Å²) in [6.07, 6.45) is 5.97. The SMILES string of the molecule is CC(=O)SC1CCN(C(C(=O)C2CC2)c2ccccc2F)C/C1=C\c1ccn(CC(=O)OC(C)(C)C)n1. The highest BCUT2D eigenvalue weighted by molar-refractivity contribution is 8.14. The van der Waals surface area contributed by atoms with Crippen LogP contribution in [0.4, 0.5) is 4.39 Å². The minimum atomic E-state index is -0.662. The fourth-order valence-corrected chi connectivity index (χ4v) is 5.55. The first-order valence-electron chi connectivity index (χ1n) is 12.7. The smallest absolute Gasteiger partial charge is 0.328 e. The number of ether oxygens (including phenoxy) is 1. The lowest BCUT2D eigenvalue weighted by Gasteiger charge is -2.38. The molecule has 2 aliphatic rings. The normalized spacial score (nSPS) is 20.6. The number of carbonyl (C=O) groups is 3. The second-order valence-corrected chi connectivity index (χ2v) is 12.1. The molecule has 1 saturated carbocycles. The molecule has 1 aromatic heterocycles. The average Bonchev–Trinajstić information content (AvgIpc) is 3.56. The lowest BCUT2D eigenvalue weighted by atomic mass is 9.93. The summed E-state index contributed by atoms with van der Waals surface area (Å²) in [5, 5.41) is 4.45. The van der Waals surface area contributed by atoms with E-state index in [1.54, 1.807) is 37.4 Å². The molecule has 4 rings (SSSR count). The molecule has 37 heavy (non-hydrogen) atoms. The van der Waals surface area contributed by atoms with Gasteiger partial charge in [-0.1, -0.05) is 30.0 Å². The average molecular weight is 528 g/mol. The van der Waals surface area contributed by atoms with Crippen LogP contribution in [-0.4, -0.2) is 55.5 Å². The standard InChI is InChI=1S/C28H34FN3O4S/c1-18(33)37-24-12-13-31(26(27(35)19-9-10-19)22-7-5-6-8-23(22)29)16-20(24)15-21-11-14-32(30-21)17-25(34)36-28(2,3)4/h5-8,11,14-15,19,24,26H,9-10,12-13,16-17H2,1-4H3/b20-15+. The third-order valence-electron chi connectivity index (χ3n) is 6.31. The Morgan fingerprint density at radius 1 is 1.19 bits per heavy atom. The number of rotatable bonds is 8. The first-order valence-corrected chi connectivity index (χ1v) is 13.5. The second kappa shape index (κ2) is 11.3. The highest BCUT2D eigenvalue weighted by atomic mass is 32.2.